The fraction of sp³-hybridized carbons (Fsp3) is 0.609. The number of carbonyl (C=O) groups is 2. The van der Waals surface area contributed by atoms with Crippen LogP contribution in [-0.4, -0.2) is 107 Å². The van der Waals surface area contributed by atoms with E-state index in [2.05, 4.69) is 32.1 Å². The number of ether oxygens (including phenoxy) is 1. The van der Waals surface area contributed by atoms with Crippen molar-refractivity contribution in [2.24, 2.45) is 11.5 Å². The van der Waals surface area contributed by atoms with Gasteiger partial charge in [0.1, 0.15) is 42.2 Å². The Labute approximate surface area is 222 Å². The summed E-state index contributed by atoms with van der Waals surface area (Å²) in [7, 11) is -0.446. The van der Waals surface area contributed by atoms with Crippen molar-refractivity contribution in [2.75, 3.05) is 35.7 Å². The summed E-state index contributed by atoms with van der Waals surface area (Å²) in [6.45, 7) is 0.684. The number of aromatic nitrogens is 4. The minimum absolute atomic E-state index is 0.110. The van der Waals surface area contributed by atoms with Gasteiger partial charge in [0.25, 0.3) is 0 Å². The minimum atomic E-state index is -1.28. The molecule has 0 aliphatic carbocycles. The number of rotatable bonds is 14. The molecule has 0 bridgehead atoms. The first-order valence-corrected chi connectivity index (χ1v) is 13.9. The van der Waals surface area contributed by atoms with Crippen molar-refractivity contribution >= 4 is 39.8 Å². The Morgan fingerprint density at radius 1 is 1.21 bits per heavy atom. The van der Waals surface area contributed by atoms with Crippen molar-refractivity contribution in [1.82, 2.24) is 19.5 Å². The first-order valence-electron chi connectivity index (χ1n) is 12.2. The SMILES string of the molecule is NCCCC#CC[S+](CCC(N)C(=O)O)CC1OC(n2cnc3c(NCCC(=O)O)ncnc32)C(O)C1O. The number of hydrogen-bond acceptors (Lipinski definition) is 11. The molecule has 1 aliphatic rings. The van der Waals surface area contributed by atoms with Crippen LogP contribution in [0.1, 0.15) is 31.9 Å². The fourth-order valence-electron chi connectivity index (χ4n) is 3.85. The molecule has 14 nitrogen and oxygen atoms in total. The van der Waals surface area contributed by atoms with E-state index in [1.54, 1.807) is 0 Å². The predicted octanol–water partition coefficient (Wildman–Crippen LogP) is -1.51. The number of carboxylic acid groups (broad SMARTS) is 2. The molecule has 38 heavy (non-hydrogen) atoms. The lowest BCUT2D eigenvalue weighted by Crippen LogP contribution is -2.38. The summed E-state index contributed by atoms with van der Waals surface area (Å²) in [4.78, 5) is 34.6. The maximum absolute atomic E-state index is 11.2. The van der Waals surface area contributed by atoms with Gasteiger partial charge in [0, 0.05) is 30.3 Å². The van der Waals surface area contributed by atoms with Crippen LogP contribution in [0.3, 0.4) is 0 Å². The Morgan fingerprint density at radius 2 is 2.00 bits per heavy atom. The van der Waals surface area contributed by atoms with Gasteiger partial charge in [-0.15, -0.1) is 0 Å². The monoisotopic (exact) mass is 552 g/mol. The second-order valence-electron chi connectivity index (χ2n) is 8.77. The Morgan fingerprint density at radius 3 is 2.71 bits per heavy atom. The van der Waals surface area contributed by atoms with E-state index in [1.807, 2.05) is 0 Å². The van der Waals surface area contributed by atoms with Gasteiger partial charge in [0.2, 0.25) is 0 Å². The van der Waals surface area contributed by atoms with Crippen molar-refractivity contribution in [3.63, 3.8) is 0 Å². The summed E-state index contributed by atoms with van der Waals surface area (Å²) < 4.78 is 7.58. The lowest BCUT2D eigenvalue weighted by Gasteiger charge is -2.16. The number of hydrogen-bond donors (Lipinski definition) is 7. The maximum Gasteiger partial charge on any atom is 0.320 e. The van der Waals surface area contributed by atoms with Crippen molar-refractivity contribution in [1.29, 1.82) is 0 Å². The summed E-state index contributed by atoms with van der Waals surface area (Å²) >= 11 is 0. The molecule has 1 aliphatic heterocycles. The molecule has 0 aromatic carbocycles. The zero-order valence-corrected chi connectivity index (χ0v) is 21.6. The molecule has 0 radical (unpaired) electrons. The van der Waals surface area contributed by atoms with Gasteiger partial charge in [-0.25, -0.2) is 15.0 Å². The summed E-state index contributed by atoms with van der Waals surface area (Å²) in [6.07, 6.45) is 0.0710. The van der Waals surface area contributed by atoms with E-state index in [1.165, 1.54) is 17.2 Å². The van der Waals surface area contributed by atoms with Crippen LogP contribution in [0.5, 0.6) is 0 Å². The maximum atomic E-state index is 11.2. The standard InChI is InChI=1S/C23H33N7O7S/c24-7-3-1-2-4-9-38(10-6-14(25)23(35)36)11-15-18(33)19(34)22(37-15)30-13-29-17-20(26-8-5-16(31)32)27-12-28-21(17)30/h12-15,18-19,22,33-34H,1,3,5-11,24-25H2,(H2-,26,27,28,31,32,35,36)/p+1. The highest BCUT2D eigenvalue weighted by atomic mass is 32.2. The van der Waals surface area contributed by atoms with E-state index in [4.69, 9.17) is 26.4 Å². The number of nitrogens with two attached hydrogens (primary N) is 2. The Kier molecular flexibility index (Phi) is 11.1. The molecule has 1 fully saturated rings. The second kappa shape index (κ2) is 14.2. The van der Waals surface area contributed by atoms with E-state index < -0.39 is 53.4 Å². The first-order chi connectivity index (χ1) is 18.2. The van der Waals surface area contributed by atoms with Gasteiger partial charge >= 0.3 is 11.9 Å². The zero-order valence-electron chi connectivity index (χ0n) is 20.8. The summed E-state index contributed by atoms with van der Waals surface area (Å²) in [5, 5.41) is 42.5. The topological polar surface area (TPSA) is 232 Å². The molecule has 15 heteroatoms. The molecule has 9 N–H and O–H groups in total. The van der Waals surface area contributed by atoms with E-state index >= 15 is 0 Å². The van der Waals surface area contributed by atoms with Gasteiger partial charge < -0.3 is 41.9 Å². The smallest absolute Gasteiger partial charge is 0.320 e. The van der Waals surface area contributed by atoms with E-state index in [9.17, 15) is 19.8 Å². The largest absolute Gasteiger partial charge is 0.481 e. The molecule has 0 amide bonds. The second-order valence-corrected chi connectivity index (χ2v) is 11.0. The Bertz CT molecular complexity index is 1150. The highest BCUT2D eigenvalue weighted by molar-refractivity contribution is 7.97. The lowest BCUT2D eigenvalue weighted by molar-refractivity contribution is -0.139. The Balaban J connectivity index is 1.73. The molecular formula is C23H34N7O7S+. The zero-order chi connectivity index (χ0) is 27.7. The molecule has 3 rings (SSSR count). The number of aliphatic hydroxyl groups is 2. The van der Waals surface area contributed by atoms with Gasteiger partial charge in [0.15, 0.2) is 29.0 Å². The number of nitrogens with one attached hydrogen (secondary N) is 1. The van der Waals surface area contributed by atoms with Crippen molar-refractivity contribution in [2.45, 2.75) is 56.3 Å². The summed E-state index contributed by atoms with van der Waals surface area (Å²) in [5.41, 5.74) is 11.9. The molecule has 0 saturated carbocycles. The fourth-order valence-corrected chi connectivity index (χ4v) is 5.91. The molecule has 6 atom stereocenters. The van der Waals surface area contributed by atoms with Crippen molar-refractivity contribution in [3.05, 3.63) is 12.7 Å². The average molecular weight is 553 g/mol. The molecule has 2 aromatic rings. The quantitative estimate of drug-likeness (QED) is 0.0804. The molecule has 208 valence electrons. The first kappa shape index (κ1) is 29.6. The van der Waals surface area contributed by atoms with Gasteiger partial charge in [-0.1, -0.05) is 5.92 Å². The molecule has 3 heterocycles. The summed E-state index contributed by atoms with van der Waals surface area (Å²) in [5.74, 6) is 5.79. The number of aliphatic carboxylic acids is 2. The lowest BCUT2D eigenvalue weighted by atomic mass is 10.1. The minimum Gasteiger partial charge on any atom is -0.481 e. The van der Waals surface area contributed by atoms with Crippen LogP contribution in [0, 0.1) is 11.8 Å². The predicted molar refractivity (Wildman–Crippen MR) is 140 cm³/mol. The number of aliphatic hydroxyl groups excluding tert-OH is 2. The van der Waals surface area contributed by atoms with Gasteiger partial charge in [-0.05, 0) is 18.9 Å². The highest BCUT2D eigenvalue weighted by Crippen LogP contribution is 2.33. The van der Waals surface area contributed by atoms with Crippen molar-refractivity contribution in [3.8, 4) is 11.8 Å². The van der Waals surface area contributed by atoms with Crippen LogP contribution in [-0.2, 0) is 25.2 Å². The number of unbranched alkanes of at least 4 members (excludes halogenated alkanes) is 1. The third kappa shape index (κ3) is 7.76. The summed E-state index contributed by atoms with van der Waals surface area (Å²) in [6, 6.07) is -1.00. The Hall–Kier alpha value is -3.00. The molecule has 2 aromatic heterocycles. The van der Waals surface area contributed by atoms with Gasteiger partial charge in [0.05, 0.1) is 12.7 Å². The van der Waals surface area contributed by atoms with Gasteiger partial charge in [-0.2, -0.15) is 0 Å². The van der Waals surface area contributed by atoms with Crippen LogP contribution in [0.2, 0.25) is 0 Å². The van der Waals surface area contributed by atoms with E-state index in [0.717, 1.165) is 6.42 Å². The third-order valence-corrected chi connectivity index (χ3v) is 8.11. The van der Waals surface area contributed by atoms with Crippen LogP contribution in [0.4, 0.5) is 5.82 Å². The van der Waals surface area contributed by atoms with Crippen LogP contribution in [0.25, 0.3) is 11.2 Å². The molecule has 1 saturated heterocycles. The number of nitrogens with zero attached hydrogens (tertiary/aromatic N) is 4. The van der Waals surface area contributed by atoms with E-state index in [0.29, 0.717) is 47.2 Å². The number of anilines is 1. The normalized spacial score (nSPS) is 22.5. The number of fused-ring (bicyclic) bond motifs is 1. The highest BCUT2D eigenvalue weighted by Gasteiger charge is 2.47. The number of imidazole rings is 1. The number of carboxylic acids is 2. The van der Waals surface area contributed by atoms with Gasteiger partial charge in [-0.3, -0.25) is 14.2 Å². The van der Waals surface area contributed by atoms with Crippen LogP contribution in [0.15, 0.2) is 12.7 Å². The third-order valence-electron chi connectivity index (χ3n) is 5.94. The van der Waals surface area contributed by atoms with Crippen molar-refractivity contribution < 1.29 is 34.8 Å². The average Bonchev–Trinajstić information content (AvgIpc) is 3.43. The molecular weight excluding hydrogens is 518 g/mol. The molecule has 6 unspecified atom stereocenters. The van der Waals surface area contributed by atoms with Crippen LogP contribution >= 0.6 is 0 Å². The molecule has 0 spiro atoms. The van der Waals surface area contributed by atoms with E-state index in [-0.39, 0.29) is 19.4 Å². The van der Waals surface area contributed by atoms with Crippen LogP contribution < -0.4 is 16.8 Å².